The van der Waals surface area contributed by atoms with Gasteiger partial charge in [0.25, 0.3) is 0 Å². The van der Waals surface area contributed by atoms with Crippen LogP contribution in [0.1, 0.15) is 53.9 Å². The first kappa shape index (κ1) is 26.6. The first-order chi connectivity index (χ1) is 18.5. The summed E-state index contributed by atoms with van der Waals surface area (Å²) >= 11 is 0. The quantitative estimate of drug-likeness (QED) is 0.270. The number of nitrogens with one attached hydrogen (secondary N) is 1. The van der Waals surface area contributed by atoms with Crippen molar-refractivity contribution in [1.82, 2.24) is 25.5 Å². The molecule has 4 aromatic rings. The van der Waals surface area contributed by atoms with Gasteiger partial charge in [-0.15, -0.1) is 5.10 Å². The predicted molar refractivity (Wildman–Crippen MR) is 136 cm³/mol. The molecule has 0 aliphatic carbocycles. The lowest BCUT2D eigenvalue weighted by Gasteiger charge is -2.32. The molecule has 4 rings (SSSR count). The van der Waals surface area contributed by atoms with Crippen LogP contribution in [0.5, 0.6) is 0 Å². The minimum Gasteiger partial charge on any atom is -0.481 e. The number of aromatic nitrogens is 4. The first-order valence-electron chi connectivity index (χ1n) is 12.2. The molecule has 0 saturated carbocycles. The summed E-state index contributed by atoms with van der Waals surface area (Å²) in [7, 11) is 0. The van der Waals surface area contributed by atoms with Gasteiger partial charge in [0, 0.05) is 12.0 Å². The zero-order valence-corrected chi connectivity index (χ0v) is 20.8. The van der Waals surface area contributed by atoms with E-state index in [1.165, 1.54) is 16.8 Å². The van der Waals surface area contributed by atoms with Gasteiger partial charge in [0.1, 0.15) is 12.4 Å². The molecule has 9 nitrogen and oxygen atoms in total. The first-order valence-corrected chi connectivity index (χ1v) is 12.2. The van der Waals surface area contributed by atoms with Gasteiger partial charge in [0.2, 0.25) is 0 Å². The predicted octanol–water partition coefficient (Wildman–Crippen LogP) is 4.05. The van der Waals surface area contributed by atoms with Crippen LogP contribution in [0.15, 0.2) is 84.9 Å². The number of rotatable bonds is 12. The summed E-state index contributed by atoms with van der Waals surface area (Å²) in [5, 5.41) is 25.3. The second-order valence-corrected chi connectivity index (χ2v) is 8.65. The zero-order chi connectivity index (χ0) is 26.9. The minimum absolute atomic E-state index is 0.208. The Morgan fingerprint density at radius 3 is 2.11 bits per heavy atom. The molecule has 0 saturated heterocycles. The van der Waals surface area contributed by atoms with Crippen molar-refractivity contribution in [3.05, 3.63) is 113 Å². The standard InChI is InChI=1S/C28H28FN5O4/c1-2-38-25(37)18-34-28(31-32-33-34)27(30-23(17-24(35)36)19-13-15-22(29)16-14-19)26(20-9-5-3-6-10-20)21-11-7-4-8-12-21/h3-16,23,26-27,30H,2,17-18H2,1H3,(H,35,36). The normalized spacial score (nSPS) is 12.7. The number of nitrogens with zero attached hydrogens (tertiary/aromatic N) is 4. The van der Waals surface area contributed by atoms with Crippen molar-refractivity contribution in [3.8, 4) is 0 Å². The molecule has 2 unspecified atom stereocenters. The lowest BCUT2D eigenvalue weighted by Crippen LogP contribution is -2.35. The molecule has 1 aromatic heterocycles. The van der Waals surface area contributed by atoms with Crippen molar-refractivity contribution in [2.24, 2.45) is 0 Å². The van der Waals surface area contributed by atoms with Crippen molar-refractivity contribution in [2.45, 2.75) is 37.9 Å². The van der Waals surface area contributed by atoms with E-state index < -0.39 is 29.8 Å². The monoisotopic (exact) mass is 517 g/mol. The Hall–Kier alpha value is -4.44. The fraction of sp³-hybridized carbons (Fsp3) is 0.250. The van der Waals surface area contributed by atoms with Crippen molar-refractivity contribution in [2.75, 3.05) is 6.61 Å². The van der Waals surface area contributed by atoms with E-state index in [-0.39, 0.29) is 25.5 Å². The van der Waals surface area contributed by atoms with Crippen molar-refractivity contribution < 1.29 is 23.8 Å². The highest BCUT2D eigenvalue weighted by Gasteiger charge is 2.34. The summed E-state index contributed by atoms with van der Waals surface area (Å²) in [4.78, 5) is 24.2. The maximum Gasteiger partial charge on any atom is 0.327 e. The molecule has 1 heterocycles. The fourth-order valence-electron chi connectivity index (χ4n) is 4.45. The highest BCUT2D eigenvalue weighted by Crippen LogP contribution is 2.38. The van der Waals surface area contributed by atoms with Crippen LogP contribution in [0.2, 0.25) is 0 Å². The lowest BCUT2D eigenvalue weighted by atomic mass is 9.83. The third-order valence-electron chi connectivity index (χ3n) is 6.10. The van der Waals surface area contributed by atoms with Gasteiger partial charge in [-0.3, -0.25) is 14.9 Å². The number of esters is 1. The highest BCUT2D eigenvalue weighted by atomic mass is 19.1. The number of aliphatic carboxylic acids is 1. The number of benzene rings is 3. The maximum absolute atomic E-state index is 13.7. The van der Waals surface area contributed by atoms with Gasteiger partial charge in [-0.2, -0.15) is 0 Å². The molecule has 3 aromatic carbocycles. The summed E-state index contributed by atoms with van der Waals surface area (Å²) in [6, 6.07) is 23.6. The van der Waals surface area contributed by atoms with Gasteiger partial charge in [0.05, 0.1) is 19.1 Å². The van der Waals surface area contributed by atoms with E-state index in [1.54, 1.807) is 19.1 Å². The van der Waals surface area contributed by atoms with Gasteiger partial charge < -0.3 is 9.84 Å². The van der Waals surface area contributed by atoms with Crippen LogP contribution < -0.4 is 5.32 Å². The maximum atomic E-state index is 13.7. The van der Waals surface area contributed by atoms with Crippen LogP contribution in [0.25, 0.3) is 0 Å². The number of hydrogen-bond acceptors (Lipinski definition) is 7. The molecular formula is C28H28FN5O4. The van der Waals surface area contributed by atoms with E-state index in [1.807, 2.05) is 60.7 Å². The topological polar surface area (TPSA) is 119 Å². The second-order valence-electron chi connectivity index (χ2n) is 8.65. The largest absolute Gasteiger partial charge is 0.481 e. The van der Waals surface area contributed by atoms with E-state index in [0.29, 0.717) is 11.4 Å². The van der Waals surface area contributed by atoms with Crippen LogP contribution in [0.4, 0.5) is 4.39 Å². The Kier molecular flexibility index (Phi) is 8.89. The van der Waals surface area contributed by atoms with Crippen molar-refractivity contribution >= 4 is 11.9 Å². The molecule has 0 bridgehead atoms. The summed E-state index contributed by atoms with van der Waals surface area (Å²) in [6.07, 6.45) is -0.280. The molecule has 0 aliphatic rings. The average molecular weight is 518 g/mol. The van der Waals surface area contributed by atoms with E-state index in [9.17, 15) is 19.1 Å². The van der Waals surface area contributed by atoms with Crippen LogP contribution in [-0.4, -0.2) is 43.9 Å². The number of ether oxygens (including phenoxy) is 1. The van der Waals surface area contributed by atoms with Crippen molar-refractivity contribution in [1.29, 1.82) is 0 Å². The van der Waals surface area contributed by atoms with Crippen LogP contribution in [-0.2, 0) is 20.9 Å². The van der Waals surface area contributed by atoms with Crippen LogP contribution >= 0.6 is 0 Å². The van der Waals surface area contributed by atoms with E-state index in [2.05, 4.69) is 20.8 Å². The molecule has 38 heavy (non-hydrogen) atoms. The molecule has 0 radical (unpaired) electrons. The Morgan fingerprint density at radius 2 is 1.55 bits per heavy atom. The SMILES string of the molecule is CCOC(=O)Cn1nnnc1C(NC(CC(=O)O)c1ccc(F)cc1)C(c1ccccc1)c1ccccc1. The van der Waals surface area contributed by atoms with Crippen LogP contribution in [0.3, 0.4) is 0 Å². The Morgan fingerprint density at radius 1 is 0.947 bits per heavy atom. The summed E-state index contributed by atoms with van der Waals surface area (Å²) in [5.41, 5.74) is 2.44. The minimum atomic E-state index is -1.03. The van der Waals surface area contributed by atoms with E-state index in [4.69, 9.17) is 4.74 Å². The van der Waals surface area contributed by atoms with Crippen molar-refractivity contribution in [3.63, 3.8) is 0 Å². The number of carboxylic acid groups (broad SMARTS) is 1. The van der Waals surface area contributed by atoms with Gasteiger partial charge in [0.15, 0.2) is 5.82 Å². The fourth-order valence-corrected chi connectivity index (χ4v) is 4.45. The molecule has 0 spiro atoms. The molecule has 0 amide bonds. The Balaban J connectivity index is 1.85. The molecule has 2 N–H and O–H groups in total. The Bertz CT molecular complexity index is 1290. The van der Waals surface area contributed by atoms with Crippen LogP contribution in [0, 0.1) is 5.82 Å². The van der Waals surface area contributed by atoms with Gasteiger partial charge >= 0.3 is 11.9 Å². The Labute approximate surface area is 219 Å². The third kappa shape index (κ3) is 6.65. The number of hydrogen-bond donors (Lipinski definition) is 2. The highest BCUT2D eigenvalue weighted by molar-refractivity contribution is 5.69. The van der Waals surface area contributed by atoms with E-state index in [0.717, 1.165) is 11.1 Å². The molecular weight excluding hydrogens is 489 g/mol. The molecule has 196 valence electrons. The second kappa shape index (κ2) is 12.7. The molecule has 0 aliphatic heterocycles. The summed E-state index contributed by atoms with van der Waals surface area (Å²) in [5.74, 6) is -2.01. The molecule has 0 fully saturated rings. The summed E-state index contributed by atoms with van der Waals surface area (Å²) < 4.78 is 20.2. The van der Waals surface area contributed by atoms with Gasteiger partial charge in [-0.05, 0) is 46.2 Å². The lowest BCUT2D eigenvalue weighted by molar-refractivity contribution is -0.144. The molecule has 10 heteroatoms. The molecule has 2 atom stereocenters. The number of tetrazole rings is 1. The number of carbonyl (C=O) groups excluding carboxylic acids is 1. The number of carboxylic acids is 1. The zero-order valence-electron chi connectivity index (χ0n) is 20.8. The smallest absolute Gasteiger partial charge is 0.327 e. The summed E-state index contributed by atoms with van der Waals surface area (Å²) in [6.45, 7) is 1.70. The van der Waals surface area contributed by atoms with Gasteiger partial charge in [-0.1, -0.05) is 72.8 Å². The van der Waals surface area contributed by atoms with Gasteiger partial charge in [-0.25, -0.2) is 9.07 Å². The number of halogens is 1. The number of carbonyl (C=O) groups is 2. The third-order valence-corrected chi connectivity index (χ3v) is 6.10. The van der Waals surface area contributed by atoms with E-state index >= 15 is 0 Å². The average Bonchev–Trinajstić information content (AvgIpc) is 3.37.